The molecule has 2 atom stereocenters. The Bertz CT molecular complexity index is 1270. The maximum atomic E-state index is 12.5. The lowest BCUT2D eigenvalue weighted by atomic mass is 10.0. The Kier molecular flexibility index (Phi) is 69.4. The minimum absolute atomic E-state index is 0.00934. The summed E-state index contributed by atoms with van der Waals surface area (Å²) >= 11 is 0. The van der Waals surface area contributed by atoms with E-state index in [-0.39, 0.29) is 18.5 Å². The van der Waals surface area contributed by atoms with Gasteiger partial charge < -0.3 is 20.3 Å². The fourth-order valence-corrected chi connectivity index (χ4v) is 11.8. The van der Waals surface area contributed by atoms with Gasteiger partial charge in [0.15, 0.2) is 0 Å². The monoisotopic (exact) mass is 1140 g/mol. The number of aliphatic hydroxyl groups excluding tert-OH is 2. The zero-order valence-electron chi connectivity index (χ0n) is 55.0. The Hall–Kier alpha value is -1.66. The molecular formula is C75H145NO5. The van der Waals surface area contributed by atoms with Crippen molar-refractivity contribution in [3.05, 3.63) is 24.3 Å². The van der Waals surface area contributed by atoms with Crippen LogP contribution >= 0.6 is 0 Å². The molecule has 0 aliphatic rings. The minimum atomic E-state index is -0.843. The second kappa shape index (κ2) is 70.8. The number of amides is 1. The quantitative estimate of drug-likeness (QED) is 0.0320. The van der Waals surface area contributed by atoms with Crippen molar-refractivity contribution in [2.45, 2.75) is 431 Å². The molecule has 0 aromatic rings. The van der Waals surface area contributed by atoms with E-state index in [0.717, 1.165) is 44.9 Å². The van der Waals surface area contributed by atoms with Crippen molar-refractivity contribution in [3.8, 4) is 0 Å². The zero-order chi connectivity index (χ0) is 58.5. The Morgan fingerprint density at radius 2 is 0.593 bits per heavy atom. The van der Waals surface area contributed by atoms with E-state index in [2.05, 4.69) is 31.3 Å². The summed E-state index contributed by atoms with van der Waals surface area (Å²) in [6.45, 7) is 4.91. The fraction of sp³-hybridized carbons (Fsp3) is 0.920. The van der Waals surface area contributed by atoms with Gasteiger partial charge in [0.1, 0.15) is 0 Å². The lowest BCUT2D eigenvalue weighted by molar-refractivity contribution is -0.143. The first kappa shape index (κ1) is 79.3. The van der Waals surface area contributed by atoms with Crippen molar-refractivity contribution in [3.63, 3.8) is 0 Å². The van der Waals surface area contributed by atoms with Crippen LogP contribution in [0, 0.1) is 0 Å². The van der Waals surface area contributed by atoms with Gasteiger partial charge in [0.2, 0.25) is 5.91 Å². The molecule has 0 aromatic carbocycles. The highest BCUT2D eigenvalue weighted by molar-refractivity contribution is 5.76. The molecule has 0 aliphatic heterocycles. The van der Waals surface area contributed by atoms with Crippen LogP contribution in [0.1, 0.15) is 418 Å². The van der Waals surface area contributed by atoms with Gasteiger partial charge in [-0.05, 0) is 51.4 Å². The number of hydrogen-bond acceptors (Lipinski definition) is 5. The standard InChI is InChI=1S/C75H145NO5/c1-3-5-7-9-11-13-15-16-17-18-19-20-29-32-35-38-41-44-48-51-55-59-63-67-73(78)72(71-77)76-74(79)68-64-60-56-52-49-45-42-39-36-33-30-27-25-23-21-22-24-26-28-31-34-37-40-43-46-50-54-58-62-66-70-81-75(80)69-65-61-57-53-47-14-12-10-8-6-4-2/h10,12,63,67,72-73,77-78H,3-9,11,13-62,64-66,68-71H2,1-2H3,(H,76,79)/b12-10-,67-63+. The third-order valence-electron chi connectivity index (χ3n) is 17.5. The van der Waals surface area contributed by atoms with Crippen molar-refractivity contribution < 1.29 is 24.5 Å². The molecule has 0 bridgehead atoms. The Morgan fingerprint density at radius 1 is 0.333 bits per heavy atom. The van der Waals surface area contributed by atoms with Crippen LogP contribution in [0.2, 0.25) is 0 Å². The highest BCUT2D eigenvalue weighted by Gasteiger charge is 2.18. The smallest absolute Gasteiger partial charge is 0.305 e. The van der Waals surface area contributed by atoms with Gasteiger partial charge in [0.25, 0.3) is 0 Å². The third-order valence-corrected chi connectivity index (χ3v) is 17.5. The highest BCUT2D eigenvalue weighted by atomic mass is 16.5. The maximum absolute atomic E-state index is 12.5. The number of aliphatic hydroxyl groups is 2. The lowest BCUT2D eigenvalue weighted by Gasteiger charge is -2.20. The number of ether oxygens (including phenoxy) is 1. The van der Waals surface area contributed by atoms with E-state index in [0.29, 0.717) is 19.4 Å². The molecule has 81 heavy (non-hydrogen) atoms. The van der Waals surface area contributed by atoms with E-state index in [4.69, 9.17) is 4.74 Å². The first-order valence-corrected chi connectivity index (χ1v) is 37.1. The summed E-state index contributed by atoms with van der Waals surface area (Å²) in [6.07, 6.45) is 90.0. The van der Waals surface area contributed by atoms with E-state index in [1.165, 1.54) is 347 Å². The molecule has 0 saturated carbocycles. The lowest BCUT2D eigenvalue weighted by Crippen LogP contribution is -2.45. The van der Waals surface area contributed by atoms with Crippen molar-refractivity contribution >= 4 is 11.9 Å². The van der Waals surface area contributed by atoms with Crippen LogP contribution in [-0.2, 0) is 14.3 Å². The summed E-state index contributed by atoms with van der Waals surface area (Å²) in [5.41, 5.74) is 0. The predicted octanol–water partition coefficient (Wildman–Crippen LogP) is 24.1. The summed E-state index contributed by atoms with van der Waals surface area (Å²) in [7, 11) is 0. The van der Waals surface area contributed by atoms with Crippen LogP contribution in [0.5, 0.6) is 0 Å². The molecule has 0 aliphatic carbocycles. The Labute approximate surface area is 507 Å². The van der Waals surface area contributed by atoms with Gasteiger partial charge >= 0.3 is 5.97 Å². The average molecular weight is 1140 g/mol. The highest BCUT2D eigenvalue weighted by Crippen LogP contribution is 2.19. The molecule has 1 amide bonds. The summed E-state index contributed by atoms with van der Waals surface area (Å²) in [4.78, 5) is 24.5. The number of nitrogens with one attached hydrogen (secondary N) is 1. The summed E-state index contributed by atoms with van der Waals surface area (Å²) in [5, 5.41) is 23.3. The number of unbranched alkanes of at least 4 members (excludes halogenated alkanes) is 57. The molecule has 0 rings (SSSR count). The van der Waals surface area contributed by atoms with Gasteiger partial charge in [-0.15, -0.1) is 0 Å². The third kappa shape index (κ3) is 67.3. The van der Waals surface area contributed by atoms with E-state index >= 15 is 0 Å². The van der Waals surface area contributed by atoms with Gasteiger partial charge in [-0.25, -0.2) is 0 Å². The molecule has 0 heterocycles. The molecule has 480 valence electrons. The fourth-order valence-electron chi connectivity index (χ4n) is 11.8. The molecule has 2 unspecified atom stereocenters. The number of carbonyl (C=O) groups excluding carboxylic acids is 2. The number of esters is 1. The van der Waals surface area contributed by atoms with Crippen LogP contribution < -0.4 is 5.32 Å². The van der Waals surface area contributed by atoms with Crippen molar-refractivity contribution in [1.82, 2.24) is 5.32 Å². The van der Waals surface area contributed by atoms with Gasteiger partial charge in [-0.2, -0.15) is 0 Å². The van der Waals surface area contributed by atoms with Gasteiger partial charge in [-0.3, -0.25) is 9.59 Å². The maximum Gasteiger partial charge on any atom is 0.305 e. The van der Waals surface area contributed by atoms with Crippen molar-refractivity contribution in [2.75, 3.05) is 13.2 Å². The first-order chi connectivity index (χ1) is 40.0. The Balaban J connectivity index is 3.37. The normalized spacial score (nSPS) is 12.6. The average Bonchev–Trinajstić information content (AvgIpc) is 3.47. The molecular weight excluding hydrogens is 995 g/mol. The Morgan fingerprint density at radius 3 is 0.914 bits per heavy atom. The van der Waals surface area contributed by atoms with Crippen molar-refractivity contribution in [1.29, 1.82) is 0 Å². The predicted molar refractivity (Wildman–Crippen MR) is 356 cm³/mol. The van der Waals surface area contributed by atoms with Crippen LogP contribution in [0.25, 0.3) is 0 Å². The van der Waals surface area contributed by atoms with E-state index in [1.54, 1.807) is 6.08 Å². The second-order valence-corrected chi connectivity index (χ2v) is 25.6. The molecule has 0 radical (unpaired) electrons. The summed E-state index contributed by atoms with van der Waals surface area (Å²) < 4.78 is 5.47. The second-order valence-electron chi connectivity index (χ2n) is 25.6. The topological polar surface area (TPSA) is 95.9 Å². The summed E-state index contributed by atoms with van der Waals surface area (Å²) in [6, 6.07) is -0.626. The van der Waals surface area contributed by atoms with Gasteiger partial charge in [0.05, 0.1) is 25.4 Å². The molecule has 0 fully saturated rings. The van der Waals surface area contributed by atoms with Crippen LogP contribution in [-0.4, -0.2) is 47.4 Å². The number of rotatable bonds is 70. The van der Waals surface area contributed by atoms with E-state index < -0.39 is 12.1 Å². The van der Waals surface area contributed by atoms with E-state index in [9.17, 15) is 19.8 Å². The van der Waals surface area contributed by atoms with Crippen LogP contribution in [0.3, 0.4) is 0 Å². The number of allylic oxidation sites excluding steroid dienone is 3. The molecule has 0 saturated heterocycles. The molecule has 6 heteroatoms. The van der Waals surface area contributed by atoms with Crippen molar-refractivity contribution in [2.24, 2.45) is 0 Å². The molecule has 0 spiro atoms. The van der Waals surface area contributed by atoms with Gasteiger partial charge in [0, 0.05) is 12.8 Å². The summed E-state index contributed by atoms with van der Waals surface area (Å²) in [5.74, 6) is -0.0500. The van der Waals surface area contributed by atoms with Crippen LogP contribution in [0.15, 0.2) is 24.3 Å². The number of carbonyl (C=O) groups is 2. The van der Waals surface area contributed by atoms with Gasteiger partial charge in [-0.1, -0.05) is 378 Å². The first-order valence-electron chi connectivity index (χ1n) is 37.1. The molecule has 3 N–H and O–H groups in total. The molecule has 6 nitrogen and oxygen atoms in total. The SMILES string of the molecule is CCCC/C=C\CCCCCCCC(=O)OCCCCCCCCCCCCCCCCCCCCCCCCCCCCCCCCC(=O)NC(CO)C(O)/C=C/CCCCCCCCCCCCCCCCCCCCCCC. The van der Waals surface area contributed by atoms with E-state index in [1.807, 2.05) is 6.08 Å². The van der Waals surface area contributed by atoms with Crippen LogP contribution in [0.4, 0.5) is 0 Å². The molecule has 0 aromatic heterocycles. The number of hydrogen-bond donors (Lipinski definition) is 3. The largest absolute Gasteiger partial charge is 0.466 e. The minimum Gasteiger partial charge on any atom is -0.466 e. The zero-order valence-corrected chi connectivity index (χ0v) is 55.0.